The van der Waals surface area contributed by atoms with E-state index in [1.54, 1.807) is 7.11 Å². The maximum absolute atomic E-state index is 13.2. The van der Waals surface area contributed by atoms with Crippen LogP contribution in [0.1, 0.15) is 113 Å². The zero-order valence-electron chi connectivity index (χ0n) is 43.5. The SMILES string of the molecule is COC1(C)C(OC2OCC(O)C(O)C2OC2OC(C)C(O)C(OC3OCC(OC4OC(CO)C(O)C(O)C4O)C(O)C3O)C2O)CCC2(C)C1CCC1(C)C2CC=C2C3CC(C)(C)CCC3(C(=O)O)CCC21C. The summed E-state index contributed by atoms with van der Waals surface area (Å²) < 4.78 is 54.3. The van der Waals surface area contributed by atoms with Crippen LogP contribution >= 0.6 is 0 Å². The van der Waals surface area contributed by atoms with Crippen LogP contribution in [0.5, 0.6) is 0 Å². The Morgan fingerprint density at radius 3 is 2.00 bits per heavy atom. The van der Waals surface area contributed by atoms with Crippen molar-refractivity contribution in [3.63, 3.8) is 0 Å². The zero-order valence-corrected chi connectivity index (χ0v) is 43.5. The van der Waals surface area contributed by atoms with Gasteiger partial charge in [0.15, 0.2) is 25.2 Å². The molecule has 0 amide bonds. The van der Waals surface area contributed by atoms with E-state index in [2.05, 4.69) is 47.6 Å². The normalized spacial score (nSPS) is 55.0. The fourth-order valence-electron chi connectivity index (χ4n) is 15.8. The predicted octanol–water partition coefficient (Wildman–Crippen LogP) is 0.215. The van der Waals surface area contributed by atoms with Crippen LogP contribution in [0.15, 0.2) is 11.6 Å². The number of hydrogen-bond acceptors (Lipinski definition) is 20. The first-order valence-electron chi connectivity index (χ1n) is 26.6. The summed E-state index contributed by atoms with van der Waals surface area (Å²) in [6.45, 7) is 13.8. The molecule has 8 fully saturated rings. The number of methoxy groups -OCH3 is 1. The molecule has 11 N–H and O–H groups in total. The molecule has 0 spiro atoms. The largest absolute Gasteiger partial charge is 0.481 e. The first-order valence-corrected chi connectivity index (χ1v) is 26.6. The fourth-order valence-corrected chi connectivity index (χ4v) is 15.8. The highest BCUT2D eigenvalue weighted by Gasteiger charge is 2.70. The van der Waals surface area contributed by atoms with Gasteiger partial charge in [-0.2, -0.15) is 0 Å². The third kappa shape index (κ3) is 9.10. The van der Waals surface area contributed by atoms with Crippen LogP contribution in [-0.2, 0) is 47.4 Å². The number of rotatable bonds is 11. The van der Waals surface area contributed by atoms with Gasteiger partial charge in [0.25, 0.3) is 0 Å². The smallest absolute Gasteiger partial charge is 0.310 e. The van der Waals surface area contributed by atoms with Gasteiger partial charge in [0.2, 0.25) is 0 Å². The number of aliphatic carboxylic acids is 1. The lowest BCUT2D eigenvalue weighted by Gasteiger charge is -2.71. The summed E-state index contributed by atoms with van der Waals surface area (Å²) >= 11 is 0. The Morgan fingerprint density at radius 2 is 1.32 bits per heavy atom. The molecule has 0 bridgehead atoms. The molecule has 418 valence electrons. The third-order valence-corrected chi connectivity index (χ3v) is 20.7. The molecule has 21 nitrogen and oxygen atoms in total. The summed E-state index contributed by atoms with van der Waals surface area (Å²) in [5.41, 5.74) is -0.679. The molecule has 73 heavy (non-hydrogen) atoms. The van der Waals surface area contributed by atoms with Crippen LogP contribution in [0.4, 0.5) is 0 Å². The van der Waals surface area contributed by atoms with Crippen molar-refractivity contribution in [2.75, 3.05) is 26.9 Å². The van der Waals surface area contributed by atoms with Crippen LogP contribution in [0.3, 0.4) is 0 Å². The van der Waals surface area contributed by atoms with E-state index in [1.807, 2.05) is 0 Å². The molecule has 9 aliphatic rings. The average Bonchev–Trinajstić information content (AvgIpc) is 3.34. The topological polar surface area (TPSA) is 323 Å². The summed E-state index contributed by atoms with van der Waals surface area (Å²) in [5.74, 6) is -0.379. The molecule has 4 saturated heterocycles. The lowest BCUT2D eigenvalue weighted by Crippen LogP contribution is -2.68. The van der Waals surface area contributed by atoms with Crippen LogP contribution in [0.2, 0.25) is 0 Å². The molecule has 0 radical (unpaired) electrons. The van der Waals surface area contributed by atoms with Gasteiger partial charge in [0.1, 0.15) is 79.4 Å². The molecule has 21 heteroatoms. The van der Waals surface area contributed by atoms with Gasteiger partial charge in [-0.1, -0.05) is 46.3 Å². The molecule has 27 unspecified atom stereocenters. The minimum absolute atomic E-state index is 0.00440. The van der Waals surface area contributed by atoms with E-state index < -0.39 is 147 Å². The van der Waals surface area contributed by atoms with Crippen molar-refractivity contribution in [1.82, 2.24) is 0 Å². The van der Waals surface area contributed by atoms with E-state index in [-0.39, 0.29) is 46.0 Å². The van der Waals surface area contributed by atoms with Crippen molar-refractivity contribution in [1.29, 1.82) is 0 Å². The summed E-state index contributed by atoms with van der Waals surface area (Å²) in [7, 11) is 1.68. The third-order valence-electron chi connectivity index (χ3n) is 20.7. The maximum Gasteiger partial charge on any atom is 0.310 e. The van der Waals surface area contributed by atoms with E-state index in [9.17, 15) is 61.0 Å². The van der Waals surface area contributed by atoms with Crippen LogP contribution in [-0.4, -0.2) is 211 Å². The summed E-state index contributed by atoms with van der Waals surface area (Å²) in [6, 6.07) is 0. The van der Waals surface area contributed by atoms with Crippen LogP contribution in [0.25, 0.3) is 0 Å². The molecule has 4 aliphatic heterocycles. The number of carbonyl (C=O) groups is 1. The Hall–Kier alpha value is -1.55. The molecular formula is C52H84O21. The monoisotopic (exact) mass is 1040 g/mol. The molecule has 0 aromatic rings. The maximum atomic E-state index is 13.2. The summed E-state index contributed by atoms with van der Waals surface area (Å²) in [4.78, 5) is 13.2. The summed E-state index contributed by atoms with van der Waals surface area (Å²) in [6.07, 6.45) is -18.6. The molecule has 4 heterocycles. The Morgan fingerprint density at radius 1 is 0.658 bits per heavy atom. The van der Waals surface area contributed by atoms with Crippen molar-refractivity contribution < 1.29 is 104 Å². The Bertz CT molecular complexity index is 2010. The van der Waals surface area contributed by atoms with Gasteiger partial charge in [-0.05, 0) is 117 Å². The van der Waals surface area contributed by atoms with E-state index in [0.29, 0.717) is 19.3 Å². The minimum atomic E-state index is -1.88. The van der Waals surface area contributed by atoms with Crippen molar-refractivity contribution in [2.45, 2.75) is 235 Å². The van der Waals surface area contributed by atoms with Gasteiger partial charge in [-0.15, -0.1) is 0 Å². The van der Waals surface area contributed by atoms with E-state index in [1.165, 1.54) is 12.5 Å². The second kappa shape index (κ2) is 20.3. The Balaban J connectivity index is 0.887. The number of hydrogen-bond donors (Lipinski definition) is 11. The first kappa shape index (κ1) is 56.2. The average molecular weight is 1050 g/mol. The number of allylic oxidation sites excluding steroid dienone is 2. The van der Waals surface area contributed by atoms with Crippen LogP contribution in [0, 0.1) is 44.8 Å². The van der Waals surface area contributed by atoms with Crippen LogP contribution < -0.4 is 0 Å². The van der Waals surface area contributed by atoms with Crippen molar-refractivity contribution in [2.24, 2.45) is 44.8 Å². The van der Waals surface area contributed by atoms with Gasteiger partial charge in [0, 0.05) is 7.11 Å². The molecule has 0 aromatic carbocycles. The van der Waals surface area contributed by atoms with Gasteiger partial charge in [-0.25, -0.2) is 0 Å². The van der Waals surface area contributed by atoms with Crippen molar-refractivity contribution in [3.8, 4) is 0 Å². The molecule has 9 rings (SSSR count). The number of aliphatic hydroxyl groups is 10. The van der Waals surface area contributed by atoms with Crippen molar-refractivity contribution in [3.05, 3.63) is 11.6 Å². The highest BCUT2D eigenvalue weighted by Crippen LogP contribution is 2.75. The predicted molar refractivity (Wildman–Crippen MR) is 251 cm³/mol. The van der Waals surface area contributed by atoms with E-state index in [0.717, 1.165) is 44.9 Å². The molecule has 5 aliphatic carbocycles. The number of carboxylic acids is 1. The van der Waals surface area contributed by atoms with Gasteiger partial charge >= 0.3 is 5.97 Å². The lowest BCUT2D eigenvalue weighted by atomic mass is 9.34. The fraction of sp³-hybridized carbons (Fsp3) is 0.942. The van der Waals surface area contributed by atoms with Gasteiger partial charge in [-0.3, -0.25) is 4.79 Å². The number of ether oxygens (including phenoxy) is 9. The molecule has 27 atom stereocenters. The number of carboxylic acid groups (broad SMARTS) is 1. The first-order chi connectivity index (χ1) is 34.2. The number of fused-ring (bicyclic) bond motifs is 7. The van der Waals surface area contributed by atoms with E-state index in [4.69, 9.17) is 42.6 Å². The molecule has 4 saturated carbocycles. The molecule has 0 aromatic heterocycles. The Kier molecular flexibility index (Phi) is 15.6. The van der Waals surface area contributed by atoms with E-state index >= 15 is 0 Å². The zero-order chi connectivity index (χ0) is 53.1. The van der Waals surface area contributed by atoms with Gasteiger partial charge < -0.3 is 98.8 Å². The van der Waals surface area contributed by atoms with Crippen molar-refractivity contribution >= 4 is 5.97 Å². The molecular weight excluding hydrogens is 961 g/mol. The Labute approximate surface area is 427 Å². The van der Waals surface area contributed by atoms with Gasteiger partial charge in [0.05, 0.1) is 43.0 Å². The highest BCUT2D eigenvalue weighted by atomic mass is 16.8. The summed E-state index contributed by atoms with van der Waals surface area (Å²) in [5, 5.41) is 119. The lowest BCUT2D eigenvalue weighted by molar-refractivity contribution is -0.384. The minimum Gasteiger partial charge on any atom is -0.481 e. The highest BCUT2D eigenvalue weighted by molar-refractivity contribution is 5.76. The standard InChI is InChI=1S/C52H84O21/c1-23-32(55)40(72-42-37(60)35(58)28(22-67-42)70-43-38(61)36(59)34(57)27(20-53)69-43)39(62)44(68-23)73-41-33(56)26(54)21-66-45(41)71-31-12-13-48(4)29-10-9-24-25-19-47(2,3)15-17-52(25,46(63)64)18-16-49(24,5)50(29,6)14-11-30(48)51(31,7)65-8/h9,23,25-45,53-62H,10-22H2,1-8H3,(H,63,64). The quantitative estimate of drug-likeness (QED) is 0.0974. The second-order valence-corrected chi connectivity index (χ2v) is 24.9. The number of aliphatic hydroxyl groups excluding tert-OH is 10. The second-order valence-electron chi connectivity index (χ2n) is 24.9.